The normalized spacial score (nSPS) is 9.47. The minimum atomic E-state index is -0.310. The van der Waals surface area contributed by atoms with Gasteiger partial charge in [-0.15, -0.1) is 0 Å². The van der Waals surface area contributed by atoms with Crippen molar-refractivity contribution in [3.05, 3.63) is 28.8 Å². The SMILES string of the molecule is CCOc1ccc(Cl)cc1CNC(=O)CC#N. The summed E-state index contributed by atoms with van der Waals surface area (Å²) in [6.45, 7) is 2.73. The lowest BCUT2D eigenvalue weighted by molar-refractivity contribution is -0.120. The molecule has 90 valence electrons. The highest BCUT2D eigenvalue weighted by Gasteiger charge is 2.06. The summed E-state index contributed by atoms with van der Waals surface area (Å²) in [5.41, 5.74) is 0.797. The van der Waals surface area contributed by atoms with Gasteiger partial charge in [-0.2, -0.15) is 5.26 Å². The molecule has 1 rings (SSSR count). The van der Waals surface area contributed by atoms with Crippen molar-refractivity contribution in [2.75, 3.05) is 6.61 Å². The Balaban J connectivity index is 2.71. The zero-order valence-electron chi connectivity index (χ0n) is 9.50. The fraction of sp³-hybridized carbons (Fsp3) is 0.333. The van der Waals surface area contributed by atoms with E-state index in [9.17, 15) is 4.79 Å². The third kappa shape index (κ3) is 4.33. The number of halogens is 1. The van der Waals surface area contributed by atoms with Crippen molar-refractivity contribution in [1.82, 2.24) is 5.32 Å². The van der Waals surface area contributed by atoms with E-state index in [1.54, 1.807) is 24.3 Å². The number of hydrogen-bond donors (Lipinski definition) is 1. The van der Waals surface area contributed by atoms with Gasteiger partial charge in [0.1, 0.15) is 12.2 Å². The highest BCUT2D eigenvalue weighted by Crippen LogP contribution is 2.22. The maximum absolute atomic E-state index is 11.2. The number of nitrogens with zero attached hydrogens (tertiary/aromatic N) is 1. The van der Waals surface area contributed by atoms with Gasteiger partial charge in [0.25, 0.3) is 0 Å². The molecular weight excluding hydrogens is 240 g/mol. The van der Waals surface area contributed by atoms with E-state index in [0.717, 1.165) is 5.56 Å². The van der Waals surface area contributed by atoms with Crippen LogP contribution in [-0.2, 0) is 11.3 Å². The van der Waals surface area contributed by atoms with Crippen molar-refractivity contribution >= 4 is 17.5 Å². The van der Waals surface area contributed by atoms with Gasteiger partial charge in [-0.3, -0.25) is 4.79 Å². The minimum absolute atomic E-state index is 0.148. The molecule has 0 spiro atoms. The van der Waals surface area contributed by atoms with Gasteiger partial charge in [0.2, 0.25) is 5.91 Å². The molecule has 17 heavy (non-hydrogen) atoms. The van der Waals surface area contributed by atoms with Gasteiger partial charge in [-0.1, -0.05) is 11.6 Å². The largest absolute Gasteiger partial charge is 0.494 e. The summed E-state index contributed by atoms with van der Waals surface area (Å²) in [4.78, 5) is 11.2. The van der Waals surface area contributed by atoms with Crippen LogP contribution in [-0.4, -0.2) is 12.5 Å². The van der Waals surface area contributed by atoms with Crippen LogP contribution in [0.15, 0.2) is 18.2 Å². The Morgan fingerprint density at radius 3 is 3.00 bits per heavy atom. The predicted molar refractivity (Wildman–Crippen MR) is 64.7 cm³/mol. The molecule has 1 aromatic rings. The molecule has 0 saturated heterocycles. The molecule has 0 radical (unpaired) electrons. The molecule has 4 nitrogen and oxygen atoms in total. The average molecular weight is 253 g/mol. The van der Waals surface area contributed by atoms with Crippen LogP contribution in [0.4, 0.5) is 0 Å². The monoisotopic (exact) mass is 252 g/mol. The van der Waals surface area contributed by atoms with Crippen molar-refractivity contribution in [2.45, 2.75) is 19.9 Å². The van der Waals surface area contributed by atoms with E-state index >= 15 is 0 Å². The van der Waals surface area contributed by atoms with Gasteiger partial charge < -0.3 is 10.1 Å². The Hall–Kier alpha value is -1.73. The number of nitrogens with one attached hydrogen (secondary N) is 1. The van der Waals surface area contributed by atoms with Gasteiger partial charge in [0, 0.05) is 17.1 Å². The van der Waals surface area contributed by atoms with Crippen molar-refractivity contribution in [2.24, 2.45) is 0 Å². The number of hydrogen-bond acceptors (Lipinski definition) is 3. The summed E-state index contributed by atoms with van der Waals surface area (Å²) in [7, 11) is 0. The van der Waals surface area contributed by atoms with Crippen LogP contribution in [0, 0.1) is 11.3 Å². The first-order valence-electron chi connectivity index (χ1n) is 5.22. The summed E-state index contributed by atoms with van der Waals surface area (Å²) in [5, 5.41) is 11.6. The molecule has 0 aliphatic heterocycles. The topological polar surface area (TPSA) is 62.1 Å². The summed E-state index contributed by atoms with van der Waals surface area (Å²) in [6.07, 6.45) is -0.148. The van der Waals surface area contributed by atoms with Crippen LogP contribution in [0.1, 0.15) is 18.9 Å². The molecule has 0 heterocycles. The Labute approximate surface area is 105 Å². The number of amides is 1. The Kier molecular flexibility index (Phi) is 5.31. The maximum Gasteiger partial charge on any atom is 0.234 e. The Morgan fingerprint density at radius 2 is 2.35 bits per heavy atom. The second-order valence-corrected chi connectivity index (χ2v) is 3.73. The predicted octanol–water partition coefficient (Wildman–Crippen LogP) is 2.27. The van der Waals surface area contributed by atoms with Crippen molar-refractivity contribution < 1.29 is 9.53 Å². The molecule has 0 saturated carbocycles. The Bertz CT molecular complexity index is 441. The second kappa shape index (κ2) is 6.77. The molecule has 1 amide bonds. The molecule has 0 atom stereocenters. The van der Waals surface area contributed by atoms with Gasteiger partial charge in [-0.05, 0) is 25.1 Å². The van der Waals surface area contributed by atoms with E-state index in [1.807, 2.05) is 6.92 Å². The molecule has 0 bridgehead atoms. The van der Waals surface area contributed by atoms with Gasteiger partial charge in [0.15, 0.2) is 0 Å². The number of carbonyl (C=O) groups excluding carboxylic acids is 1. The zero-order chi connectivity index (χ0) is 12.7. The molecule has 1 aromatic carbocycles. The smallest absolute Gasteiger partial charge is 0.234 e. The first-order valence-corrected chi connectivity index (χ1v) is 5.60. The summed E-state index contributed by atoms with van der Waals surface area (Å²) >= 11 is 5.87. The van der Waals surface area contributed by atoms with Crippen molar-refractivity contribution in [3.8, 4) is 11.8 Å². The van der Waals surface area contributed by atoms with E-state index in [2.05, 4.69) is 5.32 Å². The van der Waals surface area contributed by atoms with E-state index < -0.39 is 0 Å². The molecule has 0 aliphatic carbocycles. The first-order chi connectivity index (χ1) is 8.17. The van der Waals surface area contributed by atoms with Crippen LogP contribution >= 0.6 is 11.6 Å². The van der Waals surface area contributed by atoms with Crippen LogP contribution in [0.5, 0.6) is 5.75 Å². The molecule has 0 fully saturated rings. The molecular formula is C12H13ClN2O2. The highest BCUT2D eigenvalue weighted by atomic mass is 35.5. The van der Waals surface area contributed by atoms with E-state index in [4.69, 9.17) is 21.6 Å². The average Bonchev–Trinajstić information content (AvgIpc) is 2.30. The highest BCUT2D eigenvalue weighted by molar-refractivity contribution is 6.30. The van der Waals surface area contributed by atoms with Gasteiger partial charge >= 0.3 is 0 Å². The number of rotatable bonds is 5. The summed E-state index contributed by atoms with van der Waals surface area (Å²) in [6, 6.07) is 7.01. The lowest BCUT2D eigenvalue weighted by Crippen LogP contribution is -2.22. The van der Waals surface area contributed by atoms with Crippen molar-refractivity contribution in [3.63, 3.8) is 0 Å². The van der Waals surface area contributed by atoms with Gasteiger partial charge in [0.05, 0.1) is 12.7 Å². The number of ether oxygens (including phenoxy) is 1. The van der Waals surface area contributed by atoms with E-state index in [0.29, 0.717) is 23.9 Å². The third-order valence-electron chi connectivity index (χ3n) is 2.04. The molecule has 5 heteroatoms. The molecule has 0 aliphatic rings. The fourth-order valence-electron chi connectivity index (χ4n) is 1.31. The summed E-state index contributed by atoms with van der Waals surface area (Å²) < 4.78 is 5.41. The maximum atomic E-state index is 11.2. The standard InChI is InChI=1S/C12H13ClN2O2/c1-2-17-11-4-3-10(13)7-9(11)8-15-12(16)5-6-14/h3-4,7H,2,5,8H2,1H3,(H,15,16). The fourth-order valence-corrected chi connectivity index (χ4v) is 1.51. The lowest BCUT2D eigenvalue weighted by Gasteiger charge is -2.11. The zero-order valence-corrected chi connectivity index (χ0v) is 10.3. The number of benzene rings is 1. The number of carbonyl (C=O) groups is 1. The van der Waals surface area contributed by atoms with E-state index in [-0.39, 0.29) is 12.3 Å². The quantitative estimate of drug-likeness (QED) is 0.874. The van der Waals surface area contributed by atoms with Crippen LogP contribution in [0.2, 0.25) is 5.02 Å². The third-order valence-corrected chi connectivity index (χ3v) is 2.27. The minimum Gasteiger partial charge on any atom is -0.494 e. The Morgan fingerprint density at radius 1 is 1.59 bits per heavy atom. The van der Waals surface area contributed by atoms with Gasteiger partial charge in [-0.25, -0.2) is 0 Å². The van der Waals surface area contributed by atoms with Crippen LogP contribution in [0.25, 0.3) is 0 Å². The van der Waals surface area contributed by atoms with E-state index in [1.165, 1.54) is 0 Å². The molecule has 1 N–H and O–H groups in total. The van der Waals surface area contributed by atoms with Crippen LogP contribution in [0.3, 0.4) is 0 Å². The first kappa shape index (κ1) is 13.3. The lowest BCUT2D eigenvalue weighted by atomic mass is 10.2. The second-order valence-electron chi connectivity index (χ2n) is 3.30. The van der Waals surface area contributed by atoms with Crippen LogP contribution < -0.4 is 10.1 Å². The molecule has 0 aromatic heterocycles. The summed E-state index contributed by atoms with van der Waals surface area (Å²) in [5.74, 6) is 0.379. The molecule has 0 unspecified atom stereocenters. The number of nitriles is 1. The van der Waals surface area contributed by atoms with Crippen molar-refractivity contribution in [1.29, 1.82) is 5.26 Å².